The minimum Gasteiger partial charge on any atom is -0.478 e. The molecule has 3 N–H and O–H groups in total. The van der Waals surface area contributed by atoms with Crippen molar-refractivity contribution in [3.63, 3.8) is 0 Å². The van der Waals surface area contributed by atoms with Gasteiger partial charge in [0.2, 0.25) is 11.8 Å². The fourth-order valence-corrected chi connectivity index (χ4v) is 3.90. The summed E-state index contributed by atoms with van der Waals surface area (Å²) in [5, 5.41) is 16.1. The number of carbonyl (C=O) groups is 3. The van der Waals surface area contributed by atoms with Crippen molar-refractivity contribution >= 4 is 40.2 Å². The number of nitrogens with one attached hydrogen (secondary N) is 2. The molecule has 1 saturated heterocycles. The number of carbonyl (C=O) groups excluding carboxylic acids is 2. The highest BCUT2D eigenvalue weighted by Crippen LogP contribution is 2.27. The maximum absolute atomic E-state index is 12.1. The summed E-state index contributed by atoms with van der Waals surface area (Å²) in [6.45, 7) is 9.87. The van der Waals surface area contributed by atoms with Gasteiger partial charge in [-0.2, -0.15) is 0 Å². The molecule has 0 bridgehead atoms. The molecule has 1 aliphatic rings. The Balaban J connectivity index is 1.70. The summed E-state index contributed by atoms with van der Waals surface area (Å²) in [6, 6.07) is 6.77. The Labute approximate surface area is 200 Å². The molecule has 0 radical (unpaired) electrons. The molecule has 1 aromatic heterocycles. The van der Waals surface area contributed by atoms with Crippen LogP contribution < -0.4 is 15.5 Å². The van der Waals surface area contributed by atoms with Crippen LogP contribution in [0, 0.1) is 5.92 Å². The van der Waals surface area contributed by atoms with E-state index in [0.717, 1.165) is 12.8 Å². The third-order valence-electron chi connectivity index (χ3n) is 5.84. The molecule has 1 fully saturated rings. The second-order valence-electron chi connectivity index (χ2n) is 9.18. The number of aromatic carboxylic acids is 1. The number of aromatic nitrogens is 1. The van der Waals surface area contributed by atoms with Crippen molar-refractivity contribution in [1.29, 1.82) is 0 Å². The zero-order valence-corrected chi connectivity index (χ0v) is 20.3. The first-order valence-electron chi connectivity index (χ1n) is 12.0. The molecule has 9 heteroatoms. The smallest absolute Gasteiger partial charge is 0.336 e. The van der Waals surface area contributed by atoms with Gasteiger partial charge in [-0.3, -0.25) is 14.5 Å². The van der Waals surface area contributed by atoms with Crippen LogP contribution in [0.3, 0.4) is 0 Å². The van der Waals surface area contributed by atoms with Crippen LogP contribution in [0.1, 0.15) is 50.4 Å². The minimum atomic E-state index is -1.04. The highest BCUT2D eigenvalue weighted by atomic mass is 16.4. The summed E-state index contributed by atoms with van der Waals surface area (Å²) < 4.78 is 0. The van der Waals surface area contributed by atoms with Crippen LogP contribution in [0.4, 0.5) is 11.5 Å². The number of anilines is 2. The number of hydrogen-bond donors (Lipinski definition) is 3. The van der Waals surface area contributed by atoms with E-state index in [1.54, 1.807) is 24.3 Å². The van der Waals surface area contributed by atoms with Crippen LogP contribution in [0.2, 0.25) is 0 Å². The van der Waals surface area contributed by atoms with E-state index in [-0.39, 0.29) is 17.4 Å². The molecule has 0 spiro atoms. The lowest BCUT2D eigenvalue weighted by molar-refractivity contribution is -0.122. The molecule has 2 heterocycles. The number of rotatable bonds is 10. The van der Waals surface area contributed by atoms with Crippen LogP contribution >= 0.6 is 0 Å². The van der Waals surface area contributed by atoms with Crippen LogP contribution in [0.15, 0.2) is 24.3 Å². The van der Waals surface area contributed by atoms with Gasteiger partial charge in [-0.1, -0.05) is 27.2 Å². The number of piperazine rings is 1. The number of amides is 2. The van der Waals surface area contributed by atoms with Gasteiger partial charge >= 0.3 is 5.97 Å². The number of pyridine rings is 1. The lowest BCUT2D eigenvalue weighted by atomic mass is 10.1. The zero-order valence-electron chi connectivity index (χ0n) is 20.3. The Kier molecular flexibility index (Phi) is 8.81. The third kappa shape index (κ3) is 6.90. The second-order valence-corrected chi connectivity index (χ2v) is 9.18. The number of benzene rings is 1. The van der Waals surface area contributed by atoms with Crippen LogP contribution in [-0.2, 0) is 9.59 Å². The highest BCUT2D eigenvalue weighted by Gasteiger charge is 2.22. The molecule has 0 saturated carbocycles. The molecule has 0 unspecified atom stereocenters. The molecule has 184 valence electrons. The first-order valence-corrected chi connectivity index (χ1v) is 12.0. The predicted molar refractivity (Wildman–Crippen MR) is 133 cm³/mol. The molecule has 1 aliphatic heterocycles. The quantitative estimate of drug-likeness (QED) is 0.490. The van der Waals surface area contributed by atoms with Crippen molar-refractivity contribution in [2.75, 3.05) is 49.5 Å². The molecule has 2 aromatic rings. The SMILES string of the molecule is CCCCC(=O)Nc1ccc2nc(N3CCN(CC(=O)NCC(C)C)CC3)cc(C(=O)O)c2c1. The van der Waals surface area contributed by atoms with Gasteiger partial charge in [0.05, 0.1) is 17.6 Å². The van der Waals surface area contributed by atoms with Gasteiger partial charge in [0.25, 0.3) is 0 Å². The van der Waals surface area contributed by atoms with Crippen molar-refractivity contribution in [3.8, 4) is 0 Å². The lowest BCUT2D eigenvalue weighted by Gasteiger charge is -2.35. The summed E-state index contributed by atoms with van der Waals surface area (Å²) in [5.41, 5.74) is 1.28. The van der Waals surface area contributed by atoms with Gasteiger partial charge < -0.3 is 20.6 Å². The number of carboxylic acids is 1. The number of hydrogen-bond acceptors (Lipinski definition) is 6. The molecule has 1 aromatic carbocycles. The van der Waals surface area contributed by atoms with E-state index in [1.807, 2.05) is 6.92 Å². The predicted octanol–water partition coefficient (Wildman–Crippen LogP) is 2.96. The Morgan fingerprint density at radius 3 is 2.47 bits per heavy atom. The highest BCUT2D eigenvalue weighted by molar-refractivity contribution is 6.05. The van der Waals surface area contributed by atoms with Crippen molar-refractivity contribution in [3.05, 3.63) is 29.8 Å². The minimum absolute atomic E-state index is 0.0248. The molecular formula is C25H35N5O4. The average Bonchev–Trinajstić information content (AvgIpc) is 2.81. The van der Waals surface area contributed by atoms with Crippen LogP contribution in [0.5, 0.6) is 0 Å². The van der Waals surface area contributed by atoms with E-state index in [2.05, 4.69) is 34.3 Å². The van der Waals surface area contributed by atoms with Gasteiger partial charge in [-0.15, -0.1) is 0 Å². The Hall–Kier alpha value is -3.20. The monoisotopic (exact) mass is 469 g/mol. The first kappa shape index (κ1) is 25.4. The average molecular weight is 470 g/mol. The standard InChI is InChI=1S/C25H35N5O4/c1-4-5-6-23(31)27-18-7-8-21-19(13-18)20(25(33)34)14-22(28-21)30-11-9-29(10-12-30)16-24(32)26-15-17(2)3/h7-8,13-14,17H,4-6,9-12,15-16H2,1-3H3,(H,26,32)(H,27,31)(H,33,34). The van der Waals surface area contributed by atoms with E-state index in [0.29, 0.717) is 74.0 Å². The summed E-state index contributed by atoms with van der Waals surface area (Å²) in [7, 11) is 0. The summed E-state index contributed by atoms with van der Waals surface area (Å²) in [6.07, 6.45) is 2.17. The molecular weight excluding hydrogens is 434 g/mol. The second kappa shape index (κ2) is 11.8. The molecule has 34 heavy (non-hydrogen) atoms. The molecule has 2 amide bonds. The van der Waals surface area contributed by atoms with Crippen molar-refractivity contribution in [2.45, 2.75) is 40.0 Å². The van der Waals surface area contributed by atoms with E-state index >= 15 is 0 Å². The Bertz CT molecular complexity index is 1030. The maximum atomic E-state index is 12.1. The lowest BCUT2D eigenvalue weighted by Crippen LogP contribution is -2.50. The Morgan fingerprint density at radius 1 is 1.09 bits per heavy atom. The van der Waals surface area contributed by atoms with E-state index < -0.39 is 5.97 Å². The number of nitrogens with zero attached hydrogens (tertiary/aromatic N) is 3. The summed E-state index contributed by atoms with van der Waals surface area (Å²) >= 11 is 0. The topological polar surface area (TPSA) is 115 Å². The zero-order chi connectivity index (χ0) is 24.7. The number of fused-ring (bicyclic) bond motifs is 1. The number of carboxylic acid groups (broad SMARTS) is 1. The molecule has 3 rings (SSSR count). The van der Waals surface area contributed by atoms with Crippen molar-refractivity contribution in [2.24, 2.45) is 5.92 Å². The van der Waals surface area contributed by atoms with Gasteiger partial charge in [0, 0.05) is 50.2 Å². The largest absolute Gasteiger partial charge is 0.478 e. The number of unbranched alkanes of at least 4 members (excludes halogenated alkanes) is 1. The van der Waals surface area contributed by atoms with E-state index in [1.165, 1.54) is 0 Å². The van der Waals surface area contributed by atoms with Crippen LogP contribution in [0.25, 0.3) is 10.9 Å². The molecule has 0 aliphatic carbocycles. The summed E-state index contributed by atoms with van der Waals surface area (Å²) in [5.74, 6) is -0.0798. The van der Waals surface area contributed by atoms with Crippen molar-refractivity contribution in [1.82, 2.24) is 15.2 Å². The fraction of sp³-hybridized carbons (Fsp3) is 0.520. The van der Waals surface area contributed by atoms with Gasteiger partial charge in [-0.25, -0.2) is 9.78 Å². The first-order chi connectivity index (χ1) is 16.3. The van der Waals surface area contributed by atoms with E-state index in [4.69, 9.17) is 4.98 Å². The van der Waals surface area contributed by atoms with Gasteiger partial charge in [0.1, 0.15) is 5.82 Å². The third-order valence-corrected chi connectivity index (χ3v) is 5.84. The van der Waals surface area contributed by atoms with Crippen LogP contribution in [-0.4, -0.2) is 72.0 Å². The van der Waals surface area contributed by atoms with E-state index in [9.17, 15) is 19.5 Å². The van der Waals surface area contributed by atoms with Gasteiger partial charge in [0.15, 0.2) is 0 Å². The molecule has 9 nitrogen and oxygen atoms in total. The molecule has 0 atom stereocenters. The van der Waals surface area contributed by atoms with Gasteiger partial charge in [-0.05, 0) is 36.6 Å². The fourth-order valence-electron chi connectivity index (χ4n) is 3.90. The maximum Gasteiger partial charge on any atom is 0.336 e. The normalized spacial score (nSPS) is 14.4. The Morgan fingerprint density at radius 2 is 1.82 bits per heavy atom. The van der Waals surface area contributed by atoms with Crippen molar-refractivity contribution < 1.29 is 19.5 Å². The summed E-state index contributed by atoms with van der Waals surface area (Å²) in [4.78, 5) is 45.0.